The van der Waals surface area contributed by atoms with E-state index in [1.807, 2.05) is 74.0 Å². The Balaban J connectivity index is 1.78. The van der Waals surface area contributed by atoms with E-state index >= 15 is 0 Å². The van der Waals surface area contributed by atoms with E-state index in [0.29, 0.717) is 22.3 Å². The Morgan fingerprint density at radius 2 is 1.60 bits per heavy atom. The summed E-state index contributed by atoms with van der Waals surface area (Å²) in [5.74, 6) is 0. The van der Waals surface area contributed by atoms with Gasteiger partial charge in [0.2, 0.25) is 0 Å². The third kappa shape index (κ3) is 4.68. The fraction of sp³-hybridized carbons (Fsp3) is 0.172. The van der Waals surface area contributed by atoms with E-state index < -0.39 is 6.10 Å². The summed E-state index contributed by atoms with van der Waals surface area (Å²) in [5.41, 5.74) is 7.59. The minimum absolute atomic E-state index is 0.172. The summed E-state index contributed by atoms with van der Waals surface area (Å²) in [5, 5.41) is 28.7. The molecule has 0 fully saturated rings. The van der Waals surface area contributed by atoms with E-state index in [4.69, 9.17) is 4.74 Å². The second-order valence-electron chi connectivity index (χ2n) is 8.40. The van der Waals surface area contributed by atoms with Crippen LogP contribution in [0.1, 0.15) is 50.7 Å². The number of nitriles is 3. The van der Waals surface area contributed by atoms with E-state index in [1.54, 1.807) is 18.6 Å². The van der Waals surface area contributed by atoms with Crippen LogP contribution in [-0.4, -0.2) is 9.55 Å². The molecule has 4 rings (SSSR count). The van der Waals surface area contributed by atoms with Crippen LogP contribution in [0.15, 0.2) is 67.1 Å². The third-order valence-corrected chi connectivity index (χ3v) is 6.12. The first-order valence-electron chi connectivity index (χ1n) is 11.1. The maximum atomic E-state index is 9.76. The van der Waals surface area contributed by atoms with Gasteiger partial charge in [-0.25, -0.2) is 4.98 Å². The monoisotopic (exact) mass is 457 g/mol. The Kier molecular flexibility index (Phi) is 6.74. The zero-order valence-electron chi connectivity index (χ0n) is 19.8. The van der Waals surface area contributed by atoms with Crippen LogP contribution in [0.5, 0.6) is 0 Å². The number of hydrogen-bond acceptors (Lipinski definition) is 5. The second-order valence-corrected chi connectivity index (χ2v) is 8.40. The predicted octanol–water partition coefficient (Wildman–Crippen LogP) is 5.63. The molecule has 0 bridgehead atoms. The highest BCUT2D eigenvalue weighted by Gasteiger charge is 2.21. The van der Waals surface area contributed by atoms with Crippen LogP contribution in [0.4, 0.5) is 0 Å². The molecule has 0 aliphatic rings. The van der Waals surface area contributed by atoms with Crippen LogP contribution >= 0.6 is 0 Å². The minimum atomic E-state index is -0.486. The van der Waals surface area contributed by atoms with E-state index in [1.165, 1.54) is 0 Å². The van der Waals surface area contributed by atoms with Gasteiger partial charge in [-0.05, 0) is 59.9 Å². The quantitative estimate of drug-likeness (QED) is 0.374. The van der Waals surface area contributed by atoms with Crippen molar-refractivity contribution in [1.82, 2.24) is 9.55 Å². The third-order valence-electron chi connectivity index (χ3n) is 6.12. The molecule has 0 radical (unpaired) electrons. The molecule has 0 aliphatic heterocycles. The zero-order valence-corrected chi connectivity index (χ0v) is 19.8. The molecular formula is C29H23N5O. The lowest BCUT2D eigenvalue weighted by Crippen LogP contribution is -2.11. The normalized spacial score (nSPS) is 11.3. The van der Waals surface area contributed by atoms with Crippen molar-refractivity contribution >= 4 is 0 Å². The number of imidazole rings is 1. The van der Waals surface area contributed by atoms with Crippen LogP contribution in [0, 0.1) is 47.8 Å². The van der Waals surface area contributed by atoms with Gasteiger partial charge in [0.15, 0.2) is 0 Å². The molecular weight excluding hydrogens is 434 g/mol. The summed E-state index contributed by atoms with van der Waals surface area (Å²) in [6.07, 6.45) is 2.98. The number of aryl methyl sites for hydroxylation is 3. The fourth-order valence-corrected chi connectivity index (χ4v) is 4.18. The van der Waals surface area contributed by atoms with E-state index in [0.717, 1.165) is 33.5 Å². The SMILES string of the molecule is Cc1cc(COC(c2ccc(C#N)c(-c3ccccc3C)c2)c2cncn2C)c(C#N)cc1C#N. The molecule has 0 amide bonds. The number of ether oxygens (including phenoxy) is 1. The van der Waals surface area contributed by atoms with E-state index in [-0.39, 0.29) is 6.61 Å². The summed E-state index contributed by atoms with van der Waals surface area (Å²) in [4.78, 5) is 4.26. The first kappa shape index (κ1) is 23.5. The largest absolute Gasteiger partial charge is 0.362 e. The number of aromatic nitrogens is 2. The van der Waals surface area contributed by atoms with Crippen molar-refractivity contribution in [2.45, 2.75) is 26.6 Å². The van der Waals surface area contributed by atoms with Crippen molar-refractivity contribution in [3.63, 3.8) is 0 Å². The van der Waals surface area contributed by atoms with Crippen molar-refractivity contribution < 1.29 is 4.74 Å². The highest BCUT2D eigenvalue weighted by atomic mass is 16.5. The predicted molar refractivity (Wildman–Crippen MR) is 132 cm³/mol. The minimum Gasteiger partial charge on any atom is -0.362 e. The Labute approximate surface area is 204 Å². The van der Waals surface area contributed by atoms with Crippen molar-refractivity contribution in [2.75, 3.05) is 0 Å². The molecule has 170 valence electrons. The van der Waals surface area contributed by atoms with Gasteiger partial charge in [-0.15, -0.1) is 0 Å². The number of hydrogen-bond donors (Lipinski definition) is 0. The topological polar surface area (TPSA) is 98.4 Å². The smallest absolute Gasteiger partial charge is 0.124 e. The standard InChI is InChI=1S/C29H23N5O/c1-19-6-4-5-7-26(19)27-12-21(8-9-22(27)13-30)29(28-16-33-18-34(28)3)35-17-25-10-20(2)23(14-31)11-24(25)15-32/h4-12,16,18,29H,17H2,1-3H3. The number of rotatable bonds is 6. The summed E-state index contributed by atoms with van der Waals surface area (Å²) in [6.45, 7) is 4.04. The molecule has 0 saturated heterocycles. The maximum absolute atomic E-state index is 9.76. The molecule has 35 heavy (non-hydrogen) atoms. The van der Waals surface area contributed by atoms with Gasteiger partial charge in [0, 0.05) is 12.6 Å². The highest BCUT2D eigenvalue weighted by Crippen LogP contribution is 2.34. The van der Waals surface area contributed by atoms with Crippen molar-refractivity contribution in [3.05, 3.63) is 112 Å². The van der Waals surface area contributed by atoms with Gasteiger partial charge in [0.1, 0.15) is 6.10 Å². The lowest BCUT2D eigenvalue weighted by atomic mass is 9.93. The first-order chi connectivity index (χ1) is 17.0. The molecule has 1 unspecified atom stereocenters. The van der Waals surface area contributed by atoms with Gasteiger partial charge >= 0.3 is 0 Å². The summed E-state index contributed by atoms with van der Waals surface area (Å²) in [7, 11) is 1.90. The number of benzene rings is 3. The molecule has 6 heteroatoms. The molecule has 1 heterocycles. The molecule has 1 atom stereocenters. The van der Waals surface area contributed by atoms with Crippen LogP contribution in [0.2, 0.25) is 0 Å². The van der Waals surface area contributed by atoms with Crippen molar-refractivity contribution in [2.24, 2.45) is 7.05 Å². The van der Waals surface area contributed by atoms with Gasteiger partial charge in [0.05, 0.1) is 59.7 Å². The van der Waals surface area contributed by atoms with E-state index in [2.05, 4.69) is 23.2 Å². The van der Waals surface area contributed by atoms with Gasteiger partial charge in [0.25, 0.3) is 0 Å². The molecule has 0 aliphatic carbocycles. The van der Waals surface area contributed by atoms with E-state index in [9.17, 15) is 15.8 Å². The van der Waals surface area contributed by atoms with Gasteiger partial charge in [-0.3, -0.25) is 0 Å². The van der Waals surface area contributed by atoms with Crippen LogP contribution < -0.4 is 0 Å². The Morgan fingerprint density at radius 3 is 2.26 bits per heavy atom. The van der Waals surface area contributed by atoms with Crippen LogP contribution in [0.25, 0.3) is 11.1 Å². The number of nitrogens with zero attached hydrogens (tertiary/aromatic N) is 5. The summed E-state index contributed by atoms with van der Waals surface area (Å²) < 4.78 is 8.32. The maximum Gasteiger partial charge on any atom is 0.124 e. The Bertz CT molecular complexity index is 1530. The average molecular weight is 458 g/mol. The molecule has 6 nitrogen and oxygen atoms in total. The molecule has 1 aromatic heterocycles. The summed E-state index contributed by atoms with van der Waals surface area (Å²) >= 11 is 0. The summed E-state index contributed by atoms with van der Waals surface area (Å²) in [6, 6.07) is 23.7. The fourth-order valence-electron chi connectivity index (χ4n) is 4.18. The van der Waals surface area contributed by atoms with Gasteiger partial charge in [-0.2, -0.15) is 15.8 Å². The highest BCUT2D eigenvalue weighted by molar-refractivity contribution is 5.74. The second kappa shape index (κ2) is 10.1. The molecule has 0 spiro atoms. The van der Waals surface area contributed by atoms with Crippen LogP contribution in [-0.2, 0) is 18.4 Å². The molecule has 4 aromatic rings. The first-order valence-corrected chi connectivity index (χ1v) is 11.1. The van der Waals surface area contributed by atoms with Gasteiger partial charge < -0.3 is 9.30 Å². The zero-order chi connectivity index (χ0) is 24.9. The lowest BCUT2D eigenvalue weighted by Gasteiger charge is -2.21. The molecule has 3 aromatic carbocycles. The van der Waals surface area contributed by atoms with Crippen molar-refractivity contribution in [1.29, 1.82) is 15.8 Å². The molecule has 0 saturated carbocycles. The Morgan fingerprint density at radius 1 is 0.857 bits per heavy atom. The lowest BCUT2D eigenvalue weighted by molar-refractivity contribution is 0.0620. The van der Waals surface area contributed by atoms with Crippen LogP contribution in [0.3, 0.4) is 0 Å². The molecule has 0 N–H and O–H groups in total. The average Bonchev–Trinajstić information content (AvgIpc) is 3.30. The van der Waals surface area contributed by atoms with Crippen molar-refractivity contribution in [3.8, 4) is 29.3 Å². The van der Waals surface area contributed by atoms with Gasteiger partial charge in [-0.1, -0.05) is 36.4 Å². The Hall–Kier alpha value is -4.70.